The van der Waals surface area contributed by atoms with Gasteiger partial charge in [0.2, 0.25) is 12.0 Å². The monoisotopic (exact) mass is 448 g/mol. The number of hydrogen-bond donors (Lipinski definition) is 7. The summed E-state index contributed by atoms with van der Waals surface area (Å²) in [7, 11) is 0. The molecule has 0 saturated carbocycles. The number of benzene rings is 2. The fourth-order valence-corrected chi connectivity index (χ4v) is 3.42. The minimum atomic E-state index is -1.76. The molecule has 7 N–H and O–H groups in total. The van der Waals surface area contributed by atoms with Crippen LogP contribution >= 0.6 is 0 Å². The summed E-state index contributed by atoms with van der Waals surface area (Å²) < 4.78 is 16.3. The number of aliphatic hydroxyl groups excluding tert-OH is 4. The first-order valence-corrected chi connectivity index (χ1v) is 9.50. The molecular weight excluding hydrogens is 428 g/mol. The molecule has 2 aromatic carbocycles. The van der Waals surface area contributed by atoms with Crippen LogP contribution in [-0.2, 0) is 4.74 Å². The predicted octanol–water partition coefficient (Wildman–Crippen LogP) is -0.245. The van der Waals surface area contributed by atoms with E-state index in [9.17, 15) is 40.5 Å². The Morgan fingerprint density at radius 2 is 1.59 bits per heavy atom. The molecule has 1 saturated heterocycles. The van der Waals surface area contributed by atoms with Crippen molar-refractivity contribution in [3.63, 3.8) is 0 Å². The second-order valence-electron chi connectivity index (χ2n) is 7.28. The maximum atomic E-state index is 12.6. The SMILES string of the molecule is O=c1cc(-c2ccc(O)cc2)oc2cc(O[C@H]3O[C@H](CO)[C@H](O)[C@@H](O)[C@H]3O)c(O)c(O)c12. The summed E-state index contributed by atoms with van der Waals surface area (Å²) >= 11 is 0. The van der Waals surface area contributed by atoms with Crippen LogP contribution in [0.1, 0.15) is 0 Å². The molecule has 0 spiro atoms. The summed E-state index contributed by atoms with van der Waals surface area (Å²) in [5.74, 6) is -2.03. The fourth-order valence-electron chi connectivity index (χ4n) is 3.42. The van der Waals surface area contributed by atoms with Crippen molar-refractivity contribution in [3.05, 3.63) is 46.6 Å². The molecule has 0 aliphatic carbocycles. The van der Waals surface area contributed by atoms with Gasteiger partial charge in [-0.1, -0.05) is 0 Å². The van der Waals surface area contributed by atoms with Gasteiger partial charge in [-0.25, -0.2) is 0 Å². The number of aliphatic hydroxyl groups is 4. The molecule has 1 aliphatic rings. The van der Waals surface area contributed by atoms with Crippen molar-refractivity contribution in [1.82, 2.24) is 0 Å². The van der Waals surface area contributed by atoms with Gasteiger partial charge in [-0.05, 0) is 24.3 Å². The van der Waals surface area contributed by atoms with Gasteiger partial charge in [0.05, 0.1) is 6.61 Å². The summed E-state index contributed by atoms with van der Waals surface area (Å²) in [5, 5.41) is 69.0. The molecule has 0 radical (unpaired) electrons. The van der Waals surface area contributed by atoms with Crippen LogP contribution in [0.25, 0.3) is 22.3 Å². The highest BCUT2D eigenvalue weighted by molar-refractivity contribution is 5.89. The summed E-state index contributed by atoms with van der Waals surface area (Å²) in [5.41, 5.74) is -0.386. The van der Waals surface area contributed by atoms with Crippen LogP contribution in [0.3, 0.4) is 0 Å². The molecule has 2 heterocycles. The van der Waals surface area contributed by atoms with Crippen LogP contribution in [0.15, 0.2) is 45.6 Å². The molecule has 4 rings (SSSR count). The maximum absolute atomic E-state index is 12.6. The number of phenols is 3. The molecule has 1 aliphatic heterocycles. The van der Waals surface area contributed by atoms with Gasteiger partial charge in [0.1, 0.15) is 46.9 Å². The number of ether oxygens (including phenoxy) is 2. The van der Waals surface area contributed by atoms with Crippen molar-refractivity contribution < 1.29 is 49.6 Å². The van der Waals surface area contributed by atoms with Crippen molar-refractivity contribution in [2.24, 2.45) is 0 Å². The van der Waals surface area contributed by atoms with E-state index in [1.807, 2.05) is 0 Å². The van der Waals surface area contributed by atoms with Crippen LogP contribution in [0.5, 0.6) is 23.0 Å². The van der Waals surface area contributed by atoms with E-state index in [0.717, 1.165) is 12.1 Å². The first-order chi connectivity index (χ1) is 15.2. The van der Waals surface area contributed by atoms with Crippen molar-refractivity contribution >= 4 is 11.0 Å². The molecule has 170 valence electrons. The van der Waals surface area contributed by atoms with Gasteiger partial charge in [0.15, 0.2) is 16.9 Å². The van der Waals surface area contributed by atoms with Gasteiger partial charge < -0.3 is 49.6 Å². The highest BCUT2D eigenvalue weighted by atomic mass is 16.7. The van der Waals surface area contributed by atoms with Gasteiger partial charge >= 0.3 is 0 Å². The van der Waals surface area contributed by atoms with E-state index in [4.69, 9.17) is 13.9 Å². The molecule has 11 nitrogen and oxygen atoms in total. The van der Waals surface area contributed by atoms with Crippen LogP contribution < -0.4 is 10.2 Å². The summed E-state index contributed by atoms with van der Waals surface area (Å²) in [6.07, 6.45) is -7.99. The van der Waals surface area contributed by atoms with Gasteiger partial charge in [0, 0.05) is 17.7 Å². The summed E-state index contributed by atoms with van der Waals surface area (Å²) in [6.45, 7) is -0.690. The Labute approximate surface area is 179 Å². The minimum Gasteiger partial charge on any atom is -0.508 e. The Kier molecular flexibility index (Phi) is 5.67. The van der Waals surface area contributed by atoms with Gasteiger partial charge in [-0.2, -0.15) is 0 Å². The van der Waals surface area contributed by atoms with E-state index in [2.05, 4.69) is 0 Å². The molecule has 0 amide bonds. The average Bonchev–Trinajstić information content (AvgIpc) is 2.77. The normalized spacial score (nSPS) is 25.7. The number of aromatic hydroxyl groups is 3. The zero-order valence-corrected chi connectivity index (χ0v) is 16.3. The number of fused-ring (bicyclic) bond motifs is 1. The standard InChI is InChI=1S/C21H20O11/c22-7-14-17(26)19(28)20(29)21(32-14)31-13-6-12-15(18(27)16(13)25)10(24)5-11(30-12)8-1-3-9(23)4-2-8/h1-6,14,17,19-23,25-29H,7H2/t14-,17+,19-,20-,21+/m1/s1. The lowest BCUT2D eigenvalue weighted by Crippen LogP contribution is -2.60. The Morgan fingerprint density at radius 3 is 2.25 bits per heavy atom. The van der Waals surface area contributed by atoms with Crippen LogP contribution in [0, 0.1) is 0 Å². The Morgan fingerprint density at radius 1 is 0.906 bits per heavy atom. The lowest BCUT2D eigenvalue weighted by molar-refractivity contribution is -0.277. The molecule has 11 heteroatoms. The number of rotatable bonds is 4. The Hall–Kier alpha value is -3.35. The highest BCUT2D eigenvalue weighted by Gasteiger charge is 2.45. The third kappa shape index (κ3) is 3.72. The summed E-state index contributed by atoms with van der Waals surface area (Å²) in [6, 6.07) is 7.97. The van der Waals surface area contributed by atoms with E-state index in [1.54, 1.807) is 0 Å². The quantitative estimate of drug-likeness (QED) is 0.261. The van der Waals surface area contributed by atoms with E-state index in [-0.39, 0.29) is 22.5 Å². The fraction of sp³-hybridized carbons (Fsp3) is 0.286. The minimum absolute atomic E-state index is 0.00895. The van der Waals surface area contributed by atoms with Crippen LogP contribution in [0.4, 0.5) is 0 Å². The molecule has 1 aromatic heterocycles. The third-order valence-electron chi connectivity index (χ3n) is 5.17. The Balaban J connectivity index is 1.76. The van der Waals surface area contributed by atoms with Gasteiger partial charge in [-0.3, -0.25) is 4.79 Å². The smallest absolute Gasteiger partial charge is 0.229 e. The van der Waals surface area contributed by atoms with E-state index >= 15 is 0 Å². The second-order valence-corrected chi connectivity index (χ2v) is 7.28. The maximum Gasteiger partial charge on any atom is 0.229 e. The first kappa shape index (κ1) is 21.9. The van der Waals surface area contributed by atoms with Crippen molar-refractivity contribution in [2.45, 2.75) is 30.7 Å². The molecule has 32 heavy (non-hydrogen) atoms. The van der Waals surface area contributed by atoms with Crippen molar-refractivity contribution in [1.29, 1.82) is 0 Å². The third-order valence-corrected chi connectivity index (χ3v) is 5.17. The molecule has 3 aromatic rings. The second kappa shape index (κ2) is 8.30. The van der Waals surface area contributed by atoms with Crippen LogP contribution in [0.2, 0.25) is 0 Å². The molecule has 5 atom stereocenters. The van der Waals surface area contributed by atoms with Crippen molar-refractivity contribution in [3.8, 4) is 34.3 Å². The average molecular weight is 448 g/mol. The topological polar surface area (TPSA) is 190 Å². The van der Waals surface area contributed by atoms with E-state index in [0.29, 0.717) is 5.56 Å². The molecular formula is C21H20O11. The van der Waals surface area contributed by atoms with Crippen molar-refractivity contribution in [2.75, 3.05) is 6.61 Å². The van der Waals surface area contributed by atoms with Gasteiger partial charge in [0.25, 0.3) is 0 Å². The van der Waals surface area contributed by atoms with E-state index < -0.39 is 60.0 Å². The molecule has 1 fully saturated rings. The number of hydrogen-bond acceptors (Lipinski definition) is 11. The Bertz CT molecular complexity index is 1190. The van der Waals surface area contributed by atoms with Gasteiger partial charge in [-0.15, -0.1) is 0 Å². The largest absolute Gasteiger partial charge is 0.508 e. The lowest BCUT2D eigenvalue weighted by atomic mass is 9.99. The highest BCUT2D eigenvalue weighted by Crippen LogP contribution is 2.42. The lowest BCUT2D eigenvalue weighted by Gasteiger charge is -2.39. The van der Waals surface area contributed by atoms with E-state index in [1.165, 1.54) is 24.3 Å². The number of phenolic OH excluding ortho intramolecular Hbond substituents is 3. The zero-order chi connectivity index (χ0) is 23.2. The molecule has 0 unspecified atom stereocenters. The van der Waals surface area contributed by atoms with Crippen LogP contribution in [-0.4, -0.2) is 73.1 Å². The molecule has 0 bridgehead atoms. The predicted molar refractivity (Wildman–Crippen MR) is 107 cm³/mol. The zero-order valence-electron chi connectivity index (χ0n) is 16.3. The summed E-state index contributed by atoms with van der Waals surface area (Å²) in [4.78, 5) is 12.6. The first-order valence-electron chi connectivity index (χ1n) is 9.50.